The molecule has 4 aromatic rings. The van der Waals surface area contributed by atoms with Crippen LogP contribution in [0.15, 0.2) is 29.0 Å². The Labute approximate surface area is 182 Å². The molecule has 29 heavy (non-hydrogen) atoms. The molecule has 0 aliphatic carbocycles. The molecular formula is C18H13Cl2NO6S2. The third kappa shape index (κ3) is 3.99. The van der Waals surface area contributed by atoms with Crippen molar-refractivity contribution in [2.75, 3.05) is 14.2 Å². The quantitative estimate of drug-likeness (QED) is 0.262. The number of aromatic hydroxyl groups is 2. The summed E-state index contributed by atoms with van der Waals surface area (Å²) in [7, 11) is 2.84. The van der Waals surface area contributed by atoms with Gasteiger partial charge in [0.1, 0.15) is 4.70 Å². The van der Waals surface area contributed by atoms with Crippen molar-refractivity contribution in [3.05, 3.63) is 49.1 Å². The normalized spacial score (nSPS) is 10.6. The minimum atomic E-state index is -0.646. The predicted octanol–water partition coefficient (Wildman–Crippen LogP) is 6.45. The van der Waals surface area contributed by atoms with E-state index in [0.717, 1.165) is 21.4 Å². The lowest BCUT2D eigenvalue weighted by molar-refractivity contribution is -0.383. The largest absolute Gasteiger partial charge is 0.504 e. The molecule has 2 N–H and O–H groups in total. The first kappa shape index (κ1) is 21.3. The van der Waals surface area contributed by atoms with Gasteiger partial charge >= 0.3 is 5.69 Å². The summed E-state index contributed by atoms with van der Waals surface area (Å²) in [5.74, 6) is 0.166. The van der Waals surface area contributed by atoms with Crippen LogP contribution in [0.1, 0.15) is 0 Å². The monoisotopic (exact) mass is 473 g/mol. The van der Waals surface area contributed by atoms with Crippen LogP contribution in [0.4, 0.5) is 5.69 Å². The van der Waals surface area contributed by atoms with Gasteiger partial charge in [-0.05, 0) is 12.1 Å². The third-order valence-corrected chi connectivity index (χ3v) is 6.79. The Morgan fingerprint density at radius 1 is 0.966 bits per heavy atom. The minimum Gasteiger partial charge on any atom is -0.504 e. The van der Waals surface area contributed by atoms with E-state index in [1.807, 2.05) is 5.38 Å². The molecule has 0 radical (unpaired) electrons. The fourth-order valence-corrected chi connectivity index (χ4v) is 5.03. The number of hydrogen-bond acceptors (Lipinski definition) is 8. The Morgan fingerprint density at radius 2 is 1.55 bits per heavy atom. The molecular weight excluding hydrogens is 461 g/mol. The highest BCUT2D eigenvalue weighted by molar-refractivity contribution is 7.18. The van der Waals surface area contributed by atoms with Crippen molar-refractivity contribution in [3.8, 4) is 23.0 Å². The molecule has 0 aliphatic heterocycles. The highest BCUT2D eigenvalue weighted by Crippen LogP contribution is 2.46. The zero-order chi connectivity index (χ0) is 21.3. The zero-order valence-electron chi connectivity index (χ0n) is 14.9. The molecule has 7 nitrogen and oxygen atoms in total. The Hall–Kier alpha value is -2.46. The first-order valence-electron chi connectivity index (χ1n) is 7.83. The molecule has 0 atom stereocenters. The number of methoxy groups -OCH3 is 2. The van der Waals surface area contributed by atoms with Crippen molar-refractivity contribution in [3.63, 3.8) is 0 Å². The summed E-state index contributed by atoms with van der Waals surface area (Å²) in [6.45, 7) is 0. The standard InChI is InChI=1S/C9H6ClNO4S.C9H7ClO2S/c1-15-6-2-4-5(10)3-16-9(4)7(8(6)12)11(13)14;1-12-8-2-5-6(10)4-13-9(5)3-7(8)11/h2-3,12H,1H3;2-4,11H,1H3. The van der Waals surface area contributed by atoms with Crippen molar-refractivity contribution < 1.29 is 24.6 Å². The van der Waals surface area contributed by atoms with Gasteiger partial charge in [0.05, 0.1) is 29.2 Å². The van der Waals surface area contributed by atoms with Crippen LogP contribution >= 0.6 is 45.9 Å². The lowest BCUT2D eigenvalue weighted by Gasteiger charge is -2.04. The van der Waals surface area contributed by atoms with Crippen LogP contribution in [-0.2, 0) is 0 Å². The Kier molecular flexibility index (Phi) is 6.23. The van der Waals surface area contributed by atoms with Crippen molar-refractivity contribution >= 4 is 71.7 Å². The maximum Gasteiger partial charge on any atom is 0.332 e. The molecule has 152 valence electrons. The van der Waals surface area contributed by atoms with Gasteiger partial charge < -0.3 is 19.7 Å². The summed E-state index contributed by atoms with van der Waals surface area (Å²) < 4.78 is 11.1. The van der Waals surface area contributed by atoms with Gasteiger partial charge in [0.25, 0.3) is 0 Å². The Balaban J connectivity index is 0.000000169. The number of thiophene rings is 2. The molecule has 0 bridgehead atoms. The van der Waals surface area contributed by atoms with Gasteiger partial charge in [-0.15, -0.1) is 22.7 Å². The number of fused-ring (bicyclic) bond motifs is 2. The second-order valence-electron chi connectivity index (χ2n) is 5.60. The maximum absolute atomic E-state index is 10.9. The van der Waals surface area contributed by atoms with Gasteiger partial charge in [-0.2, -0.15) is 0 Å². The van der Waals surface area contributed by atoms with Gasteiger partial charge in [0.15, 0.2) is 17.2 Å². The molecule has 2 heterocycles. The van der Waals surface area contributed by atoms with Crippen molar-refractivity contribution in [1.82, 2.24) is 0 Å². The Bertz CT molecular complexity index is 1220. The number of nitrogens with zero attached hydrogens (tertiary/aromatic N) is 1. The average molecular weight is 474 g/mol. The van der Waals surface area contributed by atoms with Crippen LogP contribution < -0.4 is 9.47 Å². The van der Waals surface area contributed by atoms with E-state index in [-0.39, 0.29) is 17.2 Å². The van der Waals surface area contributed by atoms with E-state index >= 15 is 0 Å². The summed E-state index contributed by atoms with van der Waals surface area (Å²) in [5.41, 5.74) is -0.369. The second-order valence-corrected chi connectivity index (χ2v) is 8.20. The summed E-state index contributed by atoms with van der Waals surface area (Å²) in [6, 6.07) is 4.88. The first-order chi connectivity index (χ1) is 13.8. The van der Waals surface area contributed by atoms with Crippen molar-refractivity contribution in [2.45, 2.75) is 0 Å². The highest BCUT2D eigenvalue weighted by Gasteiger charge is 2.25. The molecule has 2 aromatic heterocycles. The van der Waals surface area contributed by atoms with Crippen LogP contribution in [0.3, 0.4) is 0 Å². The molecule has 2 aromatic carbocycles. The highest BCUT2D eigenvalue weighted by atomic mass is 35.5. The number of phenolic OH excluding ortho intramolecular Hbond substituents is 2. The van der Waals surface area contributed by atoms with E-state index in [1.165, 1.54) is 31.6 Å². The number of halogens is 2. The molecule has 0 amide bonds. The molecule has 11 heteroatoms. The topological polar surface area (TPSA) is 102 Å². The molecule has 4 rings (SSSR count). The predicted molar refractivity (Wildman–Crippen MR) is 117 cm³/mol. The Morgan fingerprint density at radius 3 is 2.17 bits per heavy atom. The first-order valence-corrected chi connectivity index (χ1v) is 10.3. The van der Waals surface area contributed by atoms with Crippen molar-refractivity contribution in [2.24, 2.45) is 0 Å². The van der Waals surface area contributed by atoms with Crippen LogP contribution in [0, 0.1) is 10.1 Å². The molecule has 0 aliphatic rings. The molecule has 0 unspecified atom stereocenters. The number of hydrogen-bond donors (Lipinski definition) is 2. The van der Waals surface area contributed by atoms with Gasteiger partial charge in [-0.3, -0.25) is 10.1 Å². The van der Waals surface area contributed by atoms with E-state index in [1.54, 1.807) is 17.5 Å². The number of rotatable bonds is 3. The van der Waals surface area contributed by atoms with Crippen LogP contribution in [-0.4, -0.2) is 29.4 Å². The van der Waals surface area contributed by atoms with E-state index in [0.29, 0.717) is 25.9 Å². The van der Waals surface area contributed by atoms with Gasteiger partial charge in [0, 0.05) is 32.3 Å². The second kappa shape index (κ2) is 8.50. The fourth-order valence-electron chi connectivity index (χ4n) is 2.59. The SMILES string of the molecule is COc1cc2c(Cl)csc2c([N+](=O)[O-])c1O.COc1cc2c(Cl)csc2cc1O. The van der Waals surface area contributed by atoms with Gasteiger partial charge in [-0.25, -0.2) is 0 Å². The average Bonchev–Trinajstić information content (AvgIpc) is 3.23. The number of nitro groups is 1. The molecule has 0 saturated carbocycles. The summed E-state index contributed by atoms with van der Waals surface area (Å²) in [6.07, 6.45) is 0. The van der Waals surface area contributed by atoms with E-state index in [4.69, 9.17) is 32.7 Å². The number of ether oxygens (including phenoxy) is 2. The van der Waals surface area contributed by atoms with E-state index < -0.39 is 10.7 Å². The third-order valence-electron chi connectivity index (χ3n) is 3.96. The van der Waals surface area contributed by atoms with Crippen LogP contribution in [0.5, 0.6) is 23.0 Å². The molecule has 0 saturated heterocycles. The van der Waals surface area contributed by atoms with Crippen LogP contribution in [0.2, 0.25) is 10.0 Å². The van der Waals surface area contributed by atoms with E-state index in [2.05, 4.69) is 0 Å². The smallest absolute Gasteiger partial charge is 0.332 e. The minimum absolute atomic E-state index is 0.0412. The molecule has 0 fully saturated rings. The summed E-state index contributed by atoms with van der Waals surface area (Å²) in [5, 5.41) is 35.9. The van der Waals surface area contributed by atoms with E-state index in [9.17, 15) is 20.3 Å². The lowest BCUT2D eigenvalue weighted by atomic mass is 10.2. The number of phenols is 2. The lowest BCUT2D eigenvalue weighted by Crippen LogP contribution is -1.92. The number of nitro benzene ring substituents is 1. The number of benzene rings is 2. The van der Waals surface area contributed by atoms with Crippen LogP contribution in [0.25, 0.3) is 20.2 Å². The maximum atomic E-state index is 10.9. The molecule has 0 spiro atoms. The fraction of sp³-hybridized carbons (Fsp3) is 0.111. The zero-order valence-corrected chi connectivity index (χ0v) is 18.1. The summed E-state index contributed by atoms with van der Waals surface area (Å²) >= 11 is 14.4. The van der Waals surface area contributed by atoms with Gasteiger partial charge in [0.2, 0.25) is 5.75 Å². The summed E-state index contributed by atoms with van der Waals surface area (Å²) in [4.78, 5) is 10.2. The van der Waals surface area contributed by atoms with Crippen molar-refractivity contribution in [1.29, 1.82) is 0 Å². The van der Waals surface area contributed by atoms with Gasteiger partial charge in [-0.1, -0.05) is 23.2 Å².